The molecule has 2 bridgehead atoms. The predicted molar refractivity (Wildman–Crippen MR) is 42.4 cm³/mol. The van der Waals surface area contributed by atoms with Crippen molar-refractivity contribution in [1.82, 2.24) is 0 Å². The summed E-state index contributed by atoms with van der Waals surface area (Å²) in [6, 6.07) is 0. The third-order valence-corrected chi connectivity index (χ3v) is 2.95. The normalized spacial score (nSPS) is 43.7. The number of cyclic esters (lactones) is 2. The highest BCUT2D eigenvalue weighted by atomic mass is 16.8. The lowest BCUT2D eigenvalue weighted by Crippen LogP contribution is -2.34. The molecular formula is C9H8O5. The Morgan fingerprint density at radius 2 is 1.50 bits per heavy atom. The van der Waals surface area contributed by atoms with E-state index < -0.39 is 12.3 Å². The maximum absolute atomic E-state index is 10.9. The highest BCUT2D eigenvalue weighted by molar-refractivity contribution is 5.78. The topological polar surface area (TPSA) is 61.8 Å². The van der Waals surface area contributed by atoms with Crippen LogP contribution in [0.1, 0.15) is 6.42 Å². The molecule has 0 spiro atoms. The summed E-state index contributed by atoms with van der Waals surface area (Å²) in [5.74, 6) is 0.340. The Hall–Kier alpha value is -1.52. The van der Waals surface area contributed by atoms with Crippen molar-refractivity contribution < 1.29 is 23.8 Å². The van der Waals surface area contributed by atoms with Crippen LogP contribution >= 0.6 is 0 Å². The number of hydrogen-bond acceptors (Lipinski definition) is 5. The Labute approximate surface area is 79.6 Å². The molecule has 0 radical (unpaired) electrons. The lowest BCUT2D eigenvalue weighted by molar-refractivity contribution is 0.00826. The van der Waals surface area contributed by atoms with Crippen LogP contribution in [0.2, 0.25) is 0 Å². The number of ether oxygens (including phenoxy) is 3. The molecule has 3 rings (SSSR count). The zero-order valence-corrected chi connectivity index (χ0v) is 7.21. The van der Waals surface area contributed by atoms with E-state index in [2.05, 4.69) is 4.74 Å². The van der Waals surface area contributed by atoms with Crippen molar-refractivity contribution in [3.8, 4) is 0 Å². The molecule has 4 unspecified atom stereocenters. The van der Waals surface area contributed by atoms with Crippen molar-refractivity contribution >= 4 is 12.3 Å². The minimum atomic E-state index is -0.955. The van der Waals surface area contributed by atoms with E-state index in [9.17, 15) is 9.59 Å². The molecule has 0 amide bonds. The third kappa shape index (κ3) is 0.950. The van der Waals surface area contributed by atoms with Gasteiger partial charge in [0.15, 0.2) is 0 Å². The van der Waals surface area contributed by atoms with E-state index in [0.29, 0.717) is 0 Å². The molecule has 0 aromatic heterocycles. The molecule has 4 atom stereocenters. The number of carbonyl (C=O) groups is 2. The van der Waals surface area contributed by atoms with Crippen LogP contribution in [0.25, 0.3) is 0 Å². The molecule has 0 N–H and O–H groups in total. The van der Waals surface area contributed by atoms with E-state index in [1.54, 1.807) is 0 Å². The fourth-order valence-electron chi connectivity index (χ4n) is 2.38. The van der Waals surface area contributed by atoms with Crippen molar-refractivity contribution in [2.45, 2.75) is 18.6 Å². The van der Waals surface area contributed by atoms with Gasteiger partial charge in [0.05, 0.1) is 0 Å². The molecule has 5 heteroatoms. The Morgan fingerprint density at radius 1 is 1.00 bits per heavy atom. The smallest absolute Gasteiger partial charge is 0.426 e. The van der Waals surface area contributed by atoms with Crippen LogP contribution in [-0.4, -0.2) is 24.5 Å². The van der Waals surface area contributed by atoms with Crippen LogP contribution in [0.15, 0.2) is 12.2 Å². The van der Waals surface area contributed by atoms with Crippen molar-refractivity contribution in [2.75, 3.05) is 0 Å². The van der Waals surface area contributed by atoms with Crippen molar-refractivity contribution in [3.63, 3.8) is 0 Å². The summed E-state index contributed by atoms with van der Waals surface area (Å²) in [6.07, 6.45) is 2.26. The average molecular weight is 196 g/mol. The summed E-state index contributed by atoms with van der Waals surface area (Å²) in [5, 5.41) is 0. The lowest BCUT2D eigenvalue weighted by atomic mass is 10.0. The van der Waals surface area contributed by atoms with Crippen LogP contribution in [0.5, 0.6) is 0 Å². The second-order valence-corrected chi connectivity index (χ2v) is 3.72. The summed E-state index contributed by atoms with van der Waals surface area (Å²) in [4.78, 5) is 21.9. The lowest BCUT2D eigenvalue weighted by Gasteiger charge is -2.22. The number of carbonyl (C=O) groups excluding carboxylic acids is 2. The molecule has 0 aromatic rings. The fourth-order valence-corrected chi connectivity index (χ4v) is 2.38. The van der Waals surface area contributed by atoms with Gasteiger partial charge in [0.1, 0.15) is 12.2 Å². The number of rotatable bonds is 0. The molecular weight excluding hydrogens is 188 g/mol. The zero-order valence-electron chi connectivity index (χ0n) is 7.21. The second kappa shape index (κ2) is 2.50. The van der Waals surface area contributed by atoms with Gasteiger partial charge in [0.25, 0.3) is 0 Å². The van der Waals surface area contributed by atoms with Gasteiger partial charge in [-0.3, -0.25) is 0 Å². The Morgan fingerprint density at radius 3 is 2.00 bits per heavy atom. The van der Waals surface area contributed by atoms with E-state index in [4.69, 9.17) is 9.47 Å². The highest BCUT2D eigenvalue weighted by Crippen LogP contribution is 2.43. The molecule has 74 valence electrons. The minimum absolute atomic E-state index is 0.170. The number of fused-ring (bicyclic) bond motifs is 5. The molecule has 1 saturated carbocycles. The zero-order chi connectivity index (χ0) is 9.71. The van der Waals surface area contributed by atoms with E-state index in [1.807, 2.05) is 12.2 Å². The SMILES string of the molecule is O=C1OC(=O)OC2C3C=CC(C3)C2O1. The summed E-state index contributed by atoms with van der Waals surface area (Å²) in [7, 11) is 0. The van der Waals surface area contributed by atoms with E-state index >= 15 is 0 Å². The summed E-state index contributed by atoms with van der Waals surface area (Å²) < 4.78 is 14.2. The first-order chi connectivity index (χ1) is 6.74. The van der Waals surface area contributed by atoms with Gasteiger partial charge in [0.2, 0.25) is 0 Å². The first-order valence-electron chi connectivity index (χ1n) is 4.51. The third-order valence-electron chi connectivity index (χ3n) is 2.95. The van der Waals surface area contributed by atoms with Gasteiger partial charge >= 0.3 is 12.3 Å². The van der Waals surface area contributed by atoms with Gasteiger partial charge in [-0.15, -0.1) is 0 Å². The van der Waals surface area contributed by atoms with E-state index in [-0.39, 0.29) is 24.0 Å². The quantitative estimate of drug-likeness (QED) is 0.331. The van der Waals surface area contributed by atoms with Gasteiger partial charge < -0.3 is 14.2 Å². The van der Waals surface area contributed by atoms with Crippen LogP contribution in [0.4, 0.5) is 9.59 Å². The van der Waals surface area contributed by atoms with Crippen molar-refractivity contribution in [2.24, 2.45) is 11.8 Å². The predicted octanol–water partition coefficient (Wildman–Crippen LogP) is 1.23. The van der Waals surface area contributed by atoms with Crippen LogP contribution in [-0.2, 0) is 14.2 Å². The van der Waals surface area contributed by atoms with E-state index in [1.165, 1.54) is 0 Å². The first kappa shape index (κ1) is 7.84. The molecule has 0 aromatic carbocycles. The average Bonchev–Trinajstić information content (AvgIpc) is 2.64. The van der Waals surface area contributed by atoms with Crippen LogP contribution in [0, 0.1) is 11.8 Å². The van der Waals surface area contributed by atoms with Gasteiger partial charge in [-0.2, -0.15) is 0 Å². The monoisotopic (exact) mass is 196 g/mol. The number of hydrogen-bond donors (Lipinski definition) is 0. The first-order valence-corrected chi connectivity index (χ1v) is 4.51. The second-order valence-electron chi connectivity index (χ2n) is 3.72. The molecule has 14 heavy (non-hydrogen) atoms. The Bertz CT molecular complexity index is 304. The molecule has 1 saturated heterocycles. The summed E-state index contributed by atoms with van der Waals surface area (Å²) in [6.45, 7) is 0. The largest absolute Gasteiger partial charge is 0.519 e. The summed E-state index contributed by atoms with van der Waals surface area (Å²) in [5.41, 5.74) is 0. The molecule has 5 nitrogen and oxygen atoms in total. The maximum atomic E-state index is 10.9. The van der Waals surface area contributed by atoms with Crippen molar-refractivity contribution in [3.05, 3.63) is 12.2 Å². The van der Waals surface area contributed by atoms with Gasteiger partial charge in [-0.1, -0.05) is 12.2 Å². The van der Waals surface area contributed by atoms with Crippen molar-refractivity contribution in [1.29, 1.82) is 0 Å². The molecule has 1 heterocycles. The molecule has 1 aliphatic heterocycles. The Kier molecular flexibility index (Phi) is 1.40. The highest BCUT2D eigenvalue weighted by Gasteiger charge is 2.51. The fraction of sp³-hybridized carbons (Fsp3) is 0.556. The standard InChI is InChI=1S/C9H8O5/c10-8-12-6-4-1-2-5(3-4)7(6)13-9(11)14-8/h1-2,4-7H,3H2. The molecule has 3 aliphatic rings. The Balaban J connectivity index is 1.92. The maximum Gasteiger partial charge on any atom is 0.519 e. The van der Waals surface area contributed by atoms with Crippen LogP contribution in [0.3, 0.4) is 0 Å². The molecule has 2 fully saturated rings. The molecule has 2 aliphatic carbocycles. The minimum Gasteiger partial charge on any atom is -0.426 e. The summed E-state index contributed by atoms with van der Waals surface area (Å²) >= 11 is 0. The van der Waals surface area contributed by atoms with Gasteiger partial charge in [-0.25, -0.2) is 9.59 Å². The van der Waals surface area contributed by atoms with Gasteiger partial charge in [0, 0.05) is 11.8 Å². The van der Waals surface area contributed by atoms with Gasteiger partial charge in [-0.05, 0) is 6.42 Å². The van der Waals surface area contributed by atoms with Crippen LogP contribution < -0.4 is 0 Å². The van der Waals surface area contributed by atoms with E-state index in [0.717, 1.165) is 6.42 Å².